The number of aryl methyl sites for hydroxylation is 2. The molecule has 0 saturated heterocycles. The van der Waals surface area contributed by atoms with Crippen molar-refractivity contribution in [1.29, 1.82) is 0 Å². The van der Waals surface area contributed by atoms with Gasteiger partial charge in [0.1, 0.15) is 0 Å². The Bertz CT molecular complexity index is 424. The van der Waals surface area contributed by atoms with Gasteiger partial charge >= 0.3 is 0 Å². The molecule has 1 aliphatic rings. The molecule has 0 spiro atoms. The number of nitrogens with one attached hydrogen (secondary N) is 1. The fraction of sp³-hybridized carbons (Fsp3) is 0.684. The molecule has 1 saturated carbocycles. The van der Waals surface area contributed by atoms with Gasteiger partial charge in [0.05, 0.1) is 0 Å². The standard InChI is InChI=1S/C19H31N/c1-5-7-17-12-19(13-17,14-20-10-6-2)18-9-8-15(3)16(4)11-18/h8-9,11,17,20H,5-7,10,12-14H2,1-4H3. The molecular formula is C19H31N. The zero-order valence-electron chi connectivity index (χ0n) is 13.8. The number of hydrogen-bond acceptors (Lipinski definition) is 1. The summed E-state index contributed by atoms with van der Waals surface area (Å²) in [5.74, 6) is 0.949. The molecule has 2 rings (SSSR count). The summed E-state index contributed by atoms with van der Waals surface area (Å²) in [4.78, 5) is 0. The summed E-state index contributed by atoms with van der Waals surface area (Å²) in [6.07, 6.45) is 6.71. The van der Waals surface area contributed by atoms with E-state index in [1.165, 1.54) is 43.2 Å². The lowest BCUT2D eigenvalue weighted by atomic mass is 9.57. The van der Waals surface area contributed by atoms with Crippen LogP contribution < -0.4 is 5.32 Å². The Morgan fingerprint density at radius 3 is 2.45 bits per heavy atom. The average molecular weight is 273 g/mol. The van der Waals surface area contributed by atoms with Crippen LogP contribution in [-0.2, 0) is 5.41 Å². The highest BCUT2D eigenvalue weighted by Crippen LogP contribution is 2.49. The van der Waals surface area contributed by atoms with Crippen LogP contribution in [0.2, 0.25) is 0 Å². The fourth-order valence-electron chi connectivity index (χ4n) is 3.72. The van der Waals surface area contributed by atoms with Crippen LogP contribution in [0.3, 0.4) is 0 Å². The Hall–Kier alpha value is -0.820. The highest BCUT2D eigenvalue weighted by molar-refractivity contribution is 5.37. The van der Waals surface area contributed by atoms with Crippen molar-refractivity contribution < 1.29 is 0 Å². The Balaban J connectivity index is 2.12. The molecule has 1 heteroatoms. The molecule has 0 heterocycles. The van der Waals surface area contributed by atoms with Crippen LogP contribution in [-0.4, -0.2) is 13.1 Å². The summed E-state index contributed by atoms with van der Waals surface area (Å²) in [7, 11) is 0. The van der Waals surface area contributed by atoms with Crippen molar-refractivity contribution in [3.05, 3.63) is 34.9 Å². The number of rotatable bonds is 7. The lowest BCUT2D eigenvalue weighted by Crippen LogP contribution is -2.48. The summed E-state index contributed by atoms with van der Waals surface area (Å²) in [6, 6.07) is 7.11. The molecule has 20 heavy (non-hydrogen) atoms. The van der Waals surface area contributed by atoms with Gasteiger partial charge in [0.15, 0.2) is 0 Å². The van der Waals surface area contributed by atoms with Crippen molar-refractivity contribution >= 4 is 0 Å². The lowest BCUT2D eigenvalue weighted by Gasteiger charge is -2.49. The molecule has 0 unspecified atom stereocenters. The Kier molecular flexibility index (Phi) is 5.26. The van der Waals surface area contributed by atoms with E-state index >= 15 is 0 Å². The Labute approximate surface area is 125 Å². The van der Waals surface area contributed by atoms with Gasteiger partial charge in [-0.05, 0) is 62.3 Å². The van der Waals surface area contributed by atoms with Gasteiger partial charge in [-0.1, -0.05) is 44.9 Å². The van der Waals surface area contributed by atoms with E-state index in [0.29, 0.717) is 5.41 Å². The third-order valence-corrected chi connectivity index (χ3v) is 5.07. The molecule has 1 aliphatic carbocycles. The van der Waals surface area contributed by atoms with Crippen molar-refractivity contribution in [2.45, 2.75) is 65.2 Å². The van der Waals surface area contributed by atoms with Crippen molar-refractivity contribution in [3.63, 3.8) is 0 Å². The van der Waals surface area contributed by atoms with Gasteiger partial charge in [-0.2, -0.15) is 0 Å². The molecule has 0 amide bonds. The molecule has 1 aromatic rings. The van der Waals surface area contributed by atoms with E-state index in [4.69, 9.17) is 0 Å². The van der Waals surface area contributed by atoms with Crippen LogP contribution >= 0.6 is 0 Å². The molecular weight excluding hydrogens is 242 g/mol. The van der Waals surface area contributed by atoms with Crippen LogP contribution in [0, 0.1) is 19.8 Å². The summed E-state index contributed by atoms with van der Waals surface area (Å²) in [5.41, 5.74) is 4.83. The van der Waals surface area contributed by atoms with Gasteiger partial charge < -0.3 is 5.32 Å². The highest BCUT2D eigenvalue weighted by Gasteiger charge is 2.44. The maximum atomic E-state index is 3.67. The maximum absolute atomic E-state index is 3.67. The number of benzene rings is 1. The van der Waals surface area contributed by atoms with Crippen LogP contribution in [0.25, 0.3) is 0 Å². The zero-order valence-corrected chi connectivity index (χ0v) is 13.8. The molecule has 0 aromatic heterocycles. The molecule has 0 aliphatic heterocycles. The quantitative estimate of drug-likeness (QED) is 0.707. The van der Waals surface area contributed by atoms with E-state index < -0.39 is 0 Å². The van der Waals surface area contributed by atoms with Crippen LogP contribution in [0.5, 0.6) is 0 Å². The minimum Gasteiger partial charge on any atom is -0.316 e. The third-order valence-electron chi connectivity index (χ3n) is 5.07. The predicted molar refractivity (Wildman–Crippen MR) is 88.4 cm³/mol. The minimum absolute atomic E-state index is 0.410. The second-order valence-corrected chi connectivity index (χ2v) is 6.82. The largest absolute Gasteiger partial charge is 0.316 e. The molecule has 1 fully saturated rings. The summed E-state index contributed by atoms with van der Waals surface area (Å²) in [6.45, 7) is 11.3. The summed E-state index contributed by atoms with van der Waals surface area (Å²) in [5, 5.41) is 3.67. The molecule has 112 valence electrons. The first-order chi connectivity index (χ1) is 9.61. The smallest absolute Gasteiger partial charge is 0.00831 e. The van der Waals surface area contributed by atoms with Gasteiger partial charge in [-0.3, -0.25) is 0 Å². The van der Waals surface area contributed by atoms with E-state index in [1.54, 1.807) is 5.56 Å². The predicted octanol–water partition coefficient (Wildman–Crippen LogP) is 4.75. The third kappa shape index (κ3) is 3.25. The molecule has 0 bridgehead atoms. The number of hydrogen-bond donors (Lipinski definition) is 1. The van der Waals surface area contributed by atoms with Gasteiger partial charge in [0, 0.05) is 12.0 Å². The van der Waals surface area contributed by atoms with E-state index in [9.17, 15) is 0 Å². The molecule has 1 aromatic carbocycles. The Morgan fingerprint density at radius 2 is 1.85 bits per heavy atom. The van der Waals surface area contributed by atoms with Crippen molar-refractivity contribution in [2.75, 3.05) is 13.1 Å². The van der Waals surface area contributed by atoms with Crippen molar-refractivity contribution in [1.82, 2.24) is 5.32 Å². The lowest BCUT2D eigenvalue weighted by molar-refractivity contribution is 0.129. The van der Waals surface area contributed by atoms with E-state index in [1.807, 2.05) is 0 Å². The van der Waals surface area contributed by atoms with E-state index in [2.05, 4.69) is 51.2 Å². The zero-order chi connectivity index (χ0) is 14.6. The van der Waals surface area contributed by atoms with Crippen LogP contribution in [0.15, 0.2) is 18.2 Å². The Morgan fingerprint density at radius 1 is 1.10 bits per heavy atom. The molecule has 1 nitrogen and oxygen atoms in total. The van der Waals surface area contributed by atoms with E-state index in [0.717, 1.165) is 19.0 Å². The second kappa shape index (κ2) is 6.76. The average Bonchev–Trinajstić information content (AvgIpc) is 2.39. The summed E-state index contributed by atoms with van der Waals surface area (Å²) < 4.78 is 0. The van der Waals surface area contributed by atoms with Crippen LogP contribution in [0.1, 0.15) is 62.6 Å². The fourth-order valence-corrected chi connectivity index (χ4v) is 3.72. The van der Waals surface area contributed by atoms with Gasteiger partial charge in [0.2, 0.25) is 0 Å². The van der Waals surface area contributed by atoms with Gasteiger partial charge in [-0.15, -0.1) is 0 Å². The minimum atomic E-state index is 0.410. The monoisotopic (exact) mass is 273 g/mol. The van der Waals surface area contributed by atoms with Gasteiger partial charge in [-0.25, -0.2) is 0 Å². The first kappa shape index (κ1) is 15.6. The highest BCUT2D eigenvalue weighted by atomic mass is 14.9. The normalized spacial score (nSPS) is 25.5. The van der Waals surface area contributed by atoms with Gasteiger partial charge in [0.25, 0.3) is 0 Å². The summed E-state index contributed by atoms with van der Waals surface area (Å²) >= 11 is 0. The SMILES string of the molecule is CCCNCC1(c2ccc(C)c(C)c2)CC(CCC)C1. The maximum Gasteiger partial charge on any atom is 0.00831 e. The first-order valence-electron chi connectivity index (χ1n) is 8.39. The van der Waals surface area contributed by atoms with Crippen molar-refractivity contribution in [3.8, 4) is 0 Å². The molecule has 0 atom stereocenters. The molecule has 1 N–H and O–H groups in total. The molecule has 0 radical (unpaired) electrons. The first-order valence-corrected chi connectivity index (χ1v) is 8.39. The van der Waals surface area contributed by atoms with E-state index in [-0.39, 0.29) is 0 Å². The van der Waals surface area contributed by atoms with Crippen molar-refractivity contribution in [2.24, 2.45) is 5.92 Å². The topological polar surface area (TPSA) is 12.0 Å². The second-order valence-electron chi connectivity index (χ2n) is 6.82. The van der Waals surface area contributed by atoms with Crippen LogP contribution in [0.4, 0.5) is 0 Å².